The predicted molar refractivity (Wildman–Crippen MR) is 73.2 cm³/mol. The summed E-state index contributed by atoms with van der Waals surface area (Å²) in [6.45, 7) is 1.63. The summed E-state index contributed by atoms with van der Waals surface area (Å²) in [6.07, 6.45) is 0. The number of amides is 1. The summed E-state index contributed by atoms with van der Waals surface area (Å²) in [5.41, 5.74) is 1.45. The molecule has 0 fully saturated rings. The molecule has 0 atom stereocenters. The second kappa shape index (κ2) is 5.31. The molecule has 2 aromatic carbocycles. The molecule has 0 bridgehead atoms. The van der Waals surface area contributed by atoms with Crippen molar-refractivity contribution in [3.63, 3.8) is 0 Å². The van der Waals surface area contributed by atoms with E-state index >= 15 is 0 Å². The lowest BCUT2D eigenvalue weighted by Gasteiger charge is -2.08. The van der Waals surface area contributed by atoms with Gasteiger partial charge in [-0.2, -0.15) is 0 Å². The third kappa shape index (κ3) is 2.76. The Hall–Kier alpha value is -1.68. The average Bonchev–Trinajstić information content (AvgIpc) is 2.36. The van der Waals surface area contributed by atoms with Crippen molar-refractivity contribution in [3.05, 3.63) is 63.9 Å². The first-order valence-electron chi connectivity index (χ1n) is 5.40. The Morgan fingerprint density at radius 1 is 1.17 bits per heavy atom. The monoisotopic (exact) mass is 307 g/mol. The lowest BCUT2D eigenvalue weighted by Crippen LogP contribution is -2.12. The van der Waals surface area contributed by atoms with Gasteiger partial charge in [0.15, 0.2) is 0 Å². The van der Waals surface area contributed by atoms with Crippen molar-refractivity contribution >= 4 is 27.5 Å². The van der Waals surface area contributed by atoms with E-state index in [2.05, 4.69) is 21.2 Å². The molecule has 0 saturated heterocycles. The van der Waals surface area contributed by atoms with Crippen LogP contribution in [-0.2, 0) is 0 Å². The van der Waals surface area contributed by atoms with E-state index in [1.54, 1.807) is 43.3 Å². The first-order valence-corrected chi connectivity index (χ1v) is 6.19. The zero-order valence-corrected chi connectivity index (χ0v) is 11.3. The van der Waals surface area contributed by atoms with Crippen LogP contribution in [0.2, 0.25) is 0 Å². The summed E-state index contributed by atoms with van der Waals surface area (Å²) < 4.78 is 14.2. The Balaban J connectivity index is 2.21. The summed E-state index contributed by atoms with van der Waals surface area (Å²) in [4.78, 5) is 11.9. The fourth-order valence-corrected chi connectivity index (χ4v) is 1.80. The number of anilines is 1. The number of rotatable bonds is 2. The number of benzene rings is 2. The molecule has 2 aromatic rings. The maximum absolute atomic E-state index is 13.3. The largest absolute Gasteiger partial charge is 0.322 e. The highest BCUT2D eigenvalue weighted by Crippen LogP contribution is 2.19. The zero-order chi connectivity index (χ0) is 13.1. The molecule has 0 saturated carbocycles. The van der Waals surface area contributed by atoms with E-state index < -0.39 is 0 Å². The first-order chi connectivity index (χ1) is 8.58. The minimum Gasteiger partial charge on any atom is -0.322 e. The van der Waals surface area contributed by atoms with Crippen LogP contribution in [0, 0.1) is 12.7 Å². The summed E-state index contributed by atoms with van der Waals surface area (Å²) in [5, 5.41) is 2.69. The van der Waals surface area contributed by atoms with E-state index in [9.17, 15) is 9.18 Å². The molecule has 0 unspecified atom stereocenters. The van der Waals surface area contributed by atoms with Gasteiger partial charge in [-0.25, -0.2) is 4.39 Å². The van der Waals surface area contributed by atoms with E-state index in [0.717, 1.165) is 4.47 Å². The van der Waals surface area contributed by atoms with Gasteiger partial charge < -0.3 is 5.32 Å². The highest BCUT2D eigenvalue weighted by molar-refractivity contribution is 9.10. The molecule has 2 rings (SSSR count). The van der Waals surface area contributed by atoms with Crippen LogP contribution < -0.4 is 5.32 Å². The van der Waals surface area contributed by atoms with Crippen molar-refractivity contribution in [3.8, 4) is 0 Å². The van der Waals surface area contributed by atoms with Gasteiger partial charge in [-0.3, -0.25) is 4.79 Å². The van der Waals surface area contributed by atoms with Crippen molar-refractivity contribution < 1.29 is 9.18 Å². The van der Waals surface area contributed by atoms with Crippen LogP contribution in [0.1, 0.15) is 15.9 Å². The van der Waals surface area contributed by atoms with E-state index in [1.165, 1.54) is 6.07 Å². The Bertz CT molecular complexity index is 581. The number of carbonyl (C=O) groups excluding carboxylic acids is 1. The van der Waals surface area contributed by atoms with E-state index in [4.69, 9.17) is 0 Å². The summed E-state index contributed by atoms with van der Waals surface area (Å²) >= 11 is 3.30. The standard InChI is InChI=1S/C14H11BrFNO/c1-9-12(16)3-2-4-13(9)17-14(18)10-5-7-11(15)8-6-10/h2-8H,1H3,(H,17,18). The molecule has 18 heavy (non-hydrogen) atoms. The number of hydrogen-bond donors (Lipinski definition) is 1. The van der Waals surface area contributed by atoms with Gasteiger partial charge in [0.05, 0.1) is 0 Å². The zero-order valence-electron chi connectivity index (χ0n) is 9.71. The van der Waals surface area contributed by atoms with Crippen LogP contribution >= 0.6 is 15.9 Å². The van der Waals surface area contributed by atoms with Gasteiger partial charge in [0.1, 0.15) is 5.82 Å². The van der Waals surface area contributed by atoms with Crippen LogP contribution in [0.5, 0.6) is 0 Å². The lowest BCUT2D eigenvalue weighted by molar-refractivity contribution is 0.102. The Labute approximate surface area is 113 Å². The second-order valence-electron chi connectivity index (χ2n) is 3.87. The second-order valence-corrected chi connectivity index (χ2v) is 4.79. The fourth-order valence-electron chi connectivity index (χ4n) is 1.54. The first kappa shape index (κ1) is 12.8. The minimum absolute atomic E-state index is 0.254. The average molecular weight is 308 g/mol. The van der Waals surface area contributed by atoms with Crippen LogP contribution in [0.25, 0.3) is 0 Å². The molecule has 2 nitrogen and oxygen atoms in total. The van der Waals surface area contributed by atoms with Gasteiger partial charge in [0.25, 0.3) is 5.91 Å². The third-order valence-corrected chi connectivity index (χ3v) is 3.15. The normalized spacial score (nSPS) is 10.2. The van der Waals surface area contributed by atoms with Gasteiger partial charge in [-0.15, -0.1) is 0 Å². The predicted octanol–water partition coefficient (Wildman–Crippen LogP) is 4.15. The van der Waals surface area contributed by atoms with E-state index in [0.29, 0.717) is 16.8 Å². The Morgan fingerprint density at radius 2 is 1.83 bits per heavy atom. The minimum atomic E-state index is -0.330. The van der Waals surface area contributed by atoms with Crippen LogP contribution in [0.3, 0.4) is 0 Å². The molecule has 1 N–H and O–H groups in total. The van der Waals surface area contributed by atoms with Crippen LogP contribution in [0.15, 0.2) is 46.9 Å². The molecule has 92 valence electrons. The molecule has 4 heteroatoms. The Morgan fingerprint density at radius 3 is 2.50 bits per heavy atom. The van der Waals surface area contributed by atoms with Crippen LogP contribution in [0.4, 0.5) is 10.1 Å². The SMILES string of the molecule is Cc1c(F)cccc1NC(=O)c1ccc(Br)cc1. The molecule has 0 spiro atoms. The van der Waals surface area contributed by atoms with Crippen molar-refractivity contribution in [2.24, 2.45) is 0 Å². The summed E-state index contributed by atoms with van der Waals surface area (Å²) in [7, 11) is 0. The van der Waals surface area contributed by atoms with E-state index in [1.807, 2.05) is 0 Å². The maximum atomic E-state index is 13.3. The Kier molecular flexibility index (Phi) is 3.77. The number of hydrogen-bond acceptors (Lipinski definition) is 1. The highest BCUT2D eigenvalue weighted by Gasteiger charge is 2.09. The quantitative estimate of drug-likeness (QED) is 0.887. The van der Waals surface area contributed by atoms with Crippen molar-refractivity contribution in [2.45, 2.75) is 6.92 Å². The third-order valence-electron chi connectivity index (χ3n) is 2.62. The highest BCUT2D eigenvalue weighted by atomic mass is 79.9. The number of halogens is 2. The van der Waals surface area contributed by atoms with E-state index in [-0.39, 0.29) is 11.7 Å². The molecule has 0 aliphatic heterocycles. The molecular formula is C14H11BrFNO. The number of carbonyl (C=O) groups is 1. The summed E-state index contributed by atoms with van der Waals surface area (Å²) in [6, 6.07) is 11.6. The fraction of sp³-hybridized carbons (Fsp3) is 0.0714. The topological polar surface area (TPSA) is 29.1 Å². The molecule has 0 aliphatic rings. The van der Waals surface area contributed by atoms with Crippen molar-refractivity contribution in [1.29, 1.82) is 0 Å². The van der Waals surface area contributed by atoms with Gasteiger partial charge in [-0.1, -0.05) is 22.0 Å². The molecular weight excluding hydrogens is 297 g/mol. The van der Waals surface area contributed by atoms with Gasteiger partial charge >= 0.3 is 0 Å². The van der Waals surface area contributed by atoms with Crippen LogP contribution in [-0.4, -0.2) is 5.91 Å². The van der Waals surface area contributed by atoms with Crippen molar-refractivity contribution in [1.82, 2.24) is 0 Å². The molecule has 0 aromatic heterocycles. The molecule has 0 radical (unpaired) electrons. The molecule has 0 aliphatic carbocycles. The summed E-state index contributed by atoms with van der Waals surface area (Å²) in [5.74, 6) is -0.584. The lowest BCUT2D eigenvalue weighted by atomic mass is 10.1. The smallest absolute Gasteiger partial charge is 0.255 e. The maximum Gasteiger partial charge on any atom is 0.255 e. The van der Waals surface area contributed by atoms with Crippen molar-refractivity contribution in [2.75, 3.05) is 5.32 Å². The molecule has 1 amide bonds. The number of nitrogens with one attached hydrogen (secondary N) is 1. The molecule has 0 heterocycles. The van der Waals surface area contributed by atoms with Gasteiger partial charge in [-0.05, 0) is 43.3 Å². The van der Waals surface area contributed by atoms with Gasteiger partial charge in [0, 0.05) is 21.3 Å². The van der Waals surface area contributed by atoms with Gasteiger partial charge in [0.2, 0.25) is 0 Å².